The lowest BCUT2D eigenvalue weighted by atomic mass is 10.0. The quantitative estimate of drug-likeness (QED) is 0.474. The zero-order chi connectivity index (χ0) is 15.8. The van der Waals surface area contributed by atoms with E-state index in [1.165, 1.54) is 11.9 Å². The number of nitrogens with two attached hydrogens (primary N) is 1. The van der Waals surface area contributed by atoms with Crippen molar-refractivity contribution in [3.63, 3.8) is 0 Å². The zero-order valence-electron chi connectivity index (χ0n) is 12.7. The van der Waals surface area contributed by atoms with Gasteiger partial charge in [0, 0.05) is 7.05 Å². The summed E-state index contributed by atoms with van der Waals surface area (Å²) in [7, 11) is 1.54. The van der Waals surface area contributed by atoms with Gasteiger partial charge in [-0.25, -0.2) is 10.6 Å². The first-order valence-electron chi connectivity index (χ1n) is 6.89. The van der Waals surface area contributed by atoms with E-state index in [1.807, 2.05) is 44.2 Å². The third-order valence-corrected chi connectivity index (χ3v) is 3.10. The van der Waals surface area contributed by atoms with E-state index in [9.17, 15) is 9.59 Å². The number of amides is 2. The first-order chi connectivity index (χ1) is 9.95. The number of nitrogens with one attached hydrogen (secondary N) is 1. The van der Waals surface area contributed by atoms with Crippen molar-refractivity contribution in [1.29, 1.82) is 0 Å². The second kappa shape index (κ2) is 8.26. The molecule has 116 valence electrons. The van der Waals surface area contributed by atoms with Gasteiger partial charge in [-0.2, -0.15) is 0 Å². The molecule has 0 fully saturated rings. The Balaban J connectivity index is 2.63. The molecule has 1 atom stereocenters. The molecule has 0 heterocycles. The summed E-state index contributed by atoms with van der Waals surface area (Å²) in [6, 6.07) is 8.73. The number of ether oxygens (including phenoxy) is 1. The number of hydrogen-bond donors (Lipinski definition) is 2. The summed E-state index contributed by atoms with van der Waals surface area (Å²) in [5, 5.41) is 0. The molecule has 1 rings (SSSR count). The molecule has 0 radical (unpaired) electrons. The number of carbonyl (C=O) groups excluding carboxylic acids is 2. The van der Waals surface area contributed by atoms with Gasteiger partial charge in [-0.3, -0.25) is 15.1 Å². The molecule has 3 N–H and O–H groups in total. The van der Waals surface area contributed by atoms with E-state index in [0.717, 1.165) is 5.56 Å². The summed E-state index contributed by atoms with van der Waals surface area (Å²) in [5.74, 6) is 5.02. The number of likely N-dealkylation sites (N-methyl/N-ethyl adjacent to an activating group) is 1. The SMILES string of the molecule is CC(C)CC(C(=O)NN)N(C)C(=O)OCc1ccccc1. The molecular weight excluding hydrogens is 270 g/mol. The average Bonchev–Trinajstić information content (AvgIpc) is 2.49. The molecule has 1 unspecified atom stereocenters. The number of nitrogens with zero attached hydrogens (tertiary/aromatic N) is 1. The Morgan fingerprint density at radius 1 is 1.29 bits per heavy atom. The van der Waals surface area contributed by atoms with E-state index in [1.54, 1.807) is 0 Å². The van der Waals surface area contributed by atoms with E-state index in [4.69, 9.17) is 10.6 Å². The number of benzene rings is 1. The van der Waals surface area contributed by atoms with Gasteiger partial charge in [-0.05, 0) is 17.9 Å². The number of rotatable bonds is 6. The minimum atomic E-state index is -0.640. The van der Waals surface area contributed by atoms with Crippen LogP contribution in [0, 0.1) is 5.92 Å². The van der Waals surface area contributed by atoms with Gasteiger partial charge in [-0.15, -0.1) is 0 Å². The van der Waals surface area contributed by atoms with Crippen molar-refractivity contribution >= 4 is 12.0 Å². The Bertz CT molecular complexity index is 462. The van der Waals surface area contributed by atoms with Gasteiger partial charge in [0.05, 0.1) is 0 Å². The third-order valence-electron chi connectivity index (χ3n) is 3.10. The molecule has 0 aliphatic heterocycles. The van der Waals surface area contributed by atoms with Crippen LogP contribution in [-0.2, 0) is 16.1 Å². The highest BCUT2D eigenvalue weighted by atomic mass is 16.6. The monoisotopic (exact) mass is 293 g/mol. The molecule has 6 nitrogen and oxygen atoms in total. The van der Waals surface area contributed by atoms with Gasteiger partial charge >= 0.3 is 6.09 Å². The maximum absolute atomic E-state index is 12.0. The standard InChI is InChI=1S/C15H23N3O3/c1-11(2)9-13(14(19)17-16)18(3)15(20)21-10-12-7-5-4-6-8-12/h4-8,11,13H,9-10,16H2,1-3H3,(H,17,19). The summed E-state index contributed by atoms with van der Waals surface area (Å²) >= 11 is 0. The molecule has 0 saturated heterocycles. The Kier molecular flexibility index (Phi) is 6.68. The number of carbonyl (C=O) groups is 2. The topological polar surface area (TPSA) is 84.7 Å². The van der Waals surface area contributed by atoms with E-state index in [0.29, 0.717) is 6.42 Å². The molecule has 0 aliphatic carbocycles. The lowest BCUT2D eigenvalue weighted by Gasteiger charge is -2.27. The maximum Gasteiger partial charge on any atom is 0.410 e. The van der Waals surface area contributed by atoms with Crippen LogP contribution < -0.4 is 11.3 Å². The van der Waals surface area contributed by atoms with Crippen LogP contribution in [0.25, 0.3) is 0 Å². The largest absolute Gasteiger partial charge is 0.445 e. The van der Waals surface area contributed by atoms with Crippen LogP contribution in [0.15, 0.2) is 30.3 Å². The van der Waals surface area contributed by atoms with E-state index in [-0.39, 0.29) is 12.5 Å². The molecule has 1 aromatic carbocycles. The summed E-state index contributed by atoms with van der Waals surface area (Å²) in [6.45, 7) is 4.11. The Morgan fingerprint density at radius 2 is 1.90 bits per heavy atom. The van der Waals surface area contributed by atoms with Crippen molar-refractivity contribution in [2.75, 3.05) is 7.05 Å². The highest BCUT2D eigenvalue weighted by Crippen LogP contribution is 2.12. The van der Waals surface area contributed by atoms with Crippen LogP contribution in [-0.4, -0.2) is 30.0 Å². The zero-order valence-corrected chi connectivity index (χ0v) is 12.7. The maximum atomic E-state index is 12.0. The fourth-order valence-corrected chi connectivity index (χ4v) is 1.93. The van der Waals surface area contributed by atoms with Crippen molar-refractivity contribution in [3.8, 4) is 0 Å². The second-order valence-corrected chi connectivity index (χ2v) is 5.31. The minimum absolute atomic E-state index is 0.169. The molecule has 0 saturated carbocycles. The van der Waals surface area contributed by atoms with Crippen LogP contribution >= 0.6 is 0 Å². The summed E-state index contributed by atoms with van der Waals surface area (Å²) in [5.41, 5.74) is 2.98. The van der Waals surface area contributed by atoms with Gasteiger partial charge in [0.15, 0.2) is 0 Å². The first kappa shape index (κ1) is 17.0. The van der Waals surface area contributed by atoms with E-state index >= 15 is 0 Å². The molecule has 0 bridgehead atoms. The molecule has 21 heavy (non-hydrogen) atoms. The van der Waals surface area contributed by atoms with Crippen LogP contribution in [0.5, 0.6) is 0 Å². The molecule has 1 aromatic rings. The highest BCUT2D eigenvalue weighted by Gasteiger charge is 2.28. The van der Waals surface area contributed by atoms with Crippen molar-refractivity contribution in [1.82, 2.24) is 10.3 Å². The molecule has 6 heteroatoms. The first-order valence-corrected chi connectivity index (χ1v) is 6.89. The fraction of sp³-hybridized carbons (Fsp3) is 0.467. The third kappa shape index (κ3) is 5.43. The number of hydrogen-bond acceptors (Lipinski definition) is 4. The summed E-state index contributed by atoms with van der Waals surface area (Å²) in [4.78, 5) is 25.1. The Hall–Kier alpha value is -2.08. The molecule has 2 amide bonds. The molecule has 0 aliphatic rings. The van der Waals surface area contributed by atoms with Crippen molar-refractivity contribution in [2.45, 2.75) is 32.9 Å². The van der Waals surface area contributed by atoms with Crippen LogP contribution in [0.2, 0.25) is 0 Å². The predicted molar refractivity (Wildman–Crippen MR) is 80.0 cm³/mol. The lowest BCUT2D eigenvalue weighted by molar-refractivity contribution is -0.126. The van der Waals surface area contributed by atoms with Crippen LogP contribution in [0.3, 0.4) is 0 Å². The average molecular weight is 293 g/mol. The van der Waals surface area contributed by atoms with E-state index in [2.05, 4.69) is 5.43 Å². The normalized spacial score (nSPS) is 11.9. The highest BCUT2D eigenvalue weighted by molar-refractivity contribution is 5.85. The molecular formula is C15H23N3O3. The van der Waals surface area contributed by atoms with Crippen LogP contribution in [0.1, 0.15) is 25.8 Å². The predicted octanol–water partition coefficient (Wildman–Crippen LogP) is 1.66. The summed E-state index contributed by atoms with van der Waals surface area (Å²) < 4.78 is 5.21. The van der Waals surface area contributed by atoms with Gasteiger partial charge in [0.25, 0.3) is 5.91 Å². The van der Waals surface area contributed by atoms with E-state index < -0.39 is 18.0 Å². The number of hydrazine groups is 1. The fourth-order valence-electron chi connectivity index (χ4n) is 1.93. The molecule has 0 aromatic heterocycles. The van der Waals surface area contributed by atoms with Gasteiger partial charge in [-0.1, -0.05) is 44.2 Å². The lowest BCUT2D eigenvalue weighted by Crippen LogP contribution is -2.50. The van der Waals surface area contributed by atoms with Crippen LogP contribution in [0.4, 0.5) is 4.79 Å². The minimum Gasteiger partial charge on any atom is -0.445 e. The van der Waals surface area contributed by atoms with Gasteiger partial charge in [0.1, 0.15) is 12.6 Å². The van der Waals surface area contributed by atoms with Gasteiger partial charge < -0.3 is 4.74 Å². The van der Waals surface area contributed by atoms with Crippen molar-refractivity contribution in [2.24, 2.45) is 11.8 Å². The summed E-state index contributed by atoms with van der Waals surface area (Å²) in [6.07, 6.45) is -0.0342. The Morgan fingerprint density at radius 3 is 2.43 bits per heavy atom. The Labute approximate surface area is 125 Å². The van der Waals surface area contributed by atoms with Gasteiger partial charge in [0.2, 0.25) is 0 Å². The smallest absolute Gasteiger partial charge is 0.410 e. The van der Waals surface area contributed by atoms with Crippen molar-refractivity contribution in [3.05, 3.63) is 35.9 Å². The van der Waals surface area contributed by atoms with Crippen molar-refractivity contribution < 1.29 is 14.3 Å². The molecule has 0 spiro atoms. The second-order valence-electron chi connectivity index (χ2n) is 5.31.